The van der Waals surface area contributed by atoms with Gasteiger partial charge in [0.2, 0.25) is 6.79 Å². The van der Waals surface area contributed by atoms with Crippen molar-refractivity contribution in [1.29, 1.82) is 0 Å². The lowest BCUT2D eigenvalue weighted by molar-refractivity contribution is -0.164. The molecule has 24 heavy (non-hydrogen) atoms. The molecule has 0 saturated carbocycles. The number of benzene rings is 1. The second-order valence-electron chi connectivity index (χ2n) is 4.93. The van der Waals surface area contributed by atoms with Gasteiger partial charge in [-0.2, -0.15) is 0 Å². The summed E-state index contributed by atoms with van der Waals surface area (Å²) in [4.78, 5) is 35.0. The maximum Gasteiger partial charge on any atom is 0.344 e. The van der Waals surface area contributed by atoms with Crippen molar-refractivity contribution in [3.63, 3.8) is 0 Å². The summed E-state index contributed by atoms with van der Waals surface area (Å²) < 4.78 is 9.58. The maximum absolute atomic E-state index is 12.0. The number of carbonyl (C=O) groups is 3. The van der Waals surface area contributed by atoms with Crippen LogP contribution in [0.3, 0.4) is 0 Å². The number of esters is 2. The molecular formula is C17H18Cl2O5. The van der Waals surface area contributed by atoms with Crippen LogP contribution >= 0.6 is 23.2 Å². The highest BCUT2D eigenvalue weighted by molar-refractivity contribution is 6.43. The summed E-state index contributed by atoms with van der Waals surface area (Å²) in [5.41, 5.74) is 0.190. The minimum atomic E-state index is -0.901. The molecule has 0 unspecified atom stereocenters. The Labute approximate surface area is 150 Å². The van der Waals surface area contributed by atoms with Crippen molar-refractivity contribution in [2.24, 2.45) is 0 Å². The van der Waals surface area contributed by atoms with E-state index < -0.39 is 24.5 Å². The monoisotopic (exact) mass is 372 g/mol. The number of rotatable bonds is 8. The fraction of sp³-hybridized carbons (Fsp3) is 0.353. The quantitative estimate of drug-likeness (QED) is 0.225. The van der Waals surface area contributed by atoms with Crippen LogP contribution in [0.4, 0.5) is 0 Å². The SMILES string of the molecule is CCCCC(=O)OCOC(=O)/C(=C\c1cccc(Cl)c1Cl)C(C)=O. The summed E-state index contributed by atoms with van der Waals surface area (Å²) in [5.74, 6) is -1.87. The first-order valence-corrected chi connectivity index (χ1v) is 8.11. The average Bonchev–Trinajstić information content (AvgIpc) is 2.53. The van der Waals surface area contributed by atoms with E-state index in [4.69, 9.17) is 32.7 Å². The number of halogens is 2. The fourth-order valence-corrected chi connectivity index (χ4v) is 2.07. The second-order valence-corrected chi connectivity index (χ2v) is 5.71. The lowest BCUT2D eigenvalue weighted by Crippen LogP contribution is -2.17. The second kappa shape index (κ2) is 10.1. The number of Topliss-reactive ketones (excluding diaryl/α,β-unsaturated/α-hetero) is 1. The zero-order valence-electron chi connectivity index (χ0n) is 13.4. The topological polar surface area (TPSA) is 69.7 Å². The zero-order valence-corrected chi connectivity index (χ0v) is 14.9. The fourth-order valence-electron chi connectivity index (χ4n) is 1.71. The number of carbonyl (C=O) groups excluding carboxylic acids is 3. The number of unbranched alkanes of at least 4 members (excludes halogenated alkanes) is 1. The van der Waals surface area contributed by atoms with Gasteiger partial charge in [0.05, 0.1) is 10.0 Å². The van der Waals surface area contributed by atoms with Crippen LogP contribution in [0, 0.1) is 0 Å². The van der Waals surface area contributed by atoms with E-state index >= 15 is 0 Å². The molecule has 0 aliphatic carbocycles. The lowest BCUT2D eigenvalue weighted by Gasteiger charge is -2.08. The van der Waals surface area contributed by atoms with Crippen LogP contribution in [0.25, 0.3) is 6.08 Å². The number of hydrogen-bond acceptors (Lipinski definition) is 5. The van der Waals surface area contributed by atoms with E-state index in [2.05, 4.69) is 0 Å². The molecule has 0 spiro atoms. The molecule has 0 heterocycles. The lowest BCUT2D eigenvalue weighted by atomic mass is 10.1. The number of ketones is 1. The van der Waals surface area contributed by atoms with Crippen LogP contribution in [-0.4, -0.2) is 24.5 Å². The highest BCUT2D eigenvalue weighted by Gasteiger charge is 2.18. The van der Waals surface area contributed by atoms with Crippen molar-refractivity contribution in [1.82, 2.24) is 0 Å². The van der Waals surface area contributed by atoms with E-state index in [1.54, 1.807) is 18.2 Å². The predicted octanol–water partition coefficient (Wildman–Crippen LogP) is 4.20. The first-order valence-electron chi connectivity index (χ1n) is 7.36. The van der Waals surface area contributed by atoms with Crippen molar-refractivity contribution in [3.05, 3.63) is 39.4 Å². The molecule has 5 nitrogen and oxygen atoms in total. The Morgan fingerprint density at radius 1 is 1.17 bits per heavy atom. The van der Waals surface area contributed by atoms with Gasteiger partial charge in [-0.1, -0.05) is 48.7 Å². The van der Waals surface area contributed by atoms with E-state index in [1.165, 1.54) is 13.0 Å². The molecule has 1 rings (SSSR count). The highest BCUT2D eigenvalue weighted by Crippen LogP contribution is 2.27. The molecule has 0 N–H and O–H groups in total. The van der Waals surface area contributed by atoms with Crippen LogP contribution < -0.4 is 0 Å². The highest BCUT2D eigenvalue weighted by atomic mass is 35.5. The summed E-state index contributed by atoms with van der Waals surface area (Å²) in [6.07, 6.45) is 3.09. The molecule has 130 valence electrons. The Morgan fingerprint density at radius 2 is 1.88 bits per heavy atom. The third-order valence-electron chi connectivity index (χ3n) is 3.02. The Balaban J connectivity index is 2.76. The van der Waals surface area contributed by atoms with E-state index in [0.717, 1.165) is 6.42 Å². The van der Waals surface area contributed by atoms with Gasteiger partial charge in [0.15, 0.2) is 5.78 Å². The van der Waals surface area contributed by atoms with Gasteiger partial charge in [-0.3, -0.25) is 9.59 Å². The Bertz CT molecular complexity index is 652. The number of hydrogen-bond donors (Lipinski definition) is 0. The Hall–Kier alpha value is -1.85. The molecule has 0 radical (unpaired) electrons. The smallest absolute Gasteiger partial charge is 0.344 e. The largest absolute Gasteiger partial charge is 0.428 e. The van der Waals surface area contributed by atoms with Crippen LogP contribution in [0.15, 0.2) is 23.8 Å². The van der Waals surface area contributed by atoms with Gasteiger partial charge in [-0.15, -0.1) is 0 Å². The van der Waals surface area contributed by atoms with E-state index in [-0.39, 0.29) is 17.0 Å². The normalized spacial score (nSPS) is 11.1. The summed E-state index contributed by atoms with van der Waals surface area (Å²) in [5, 5.41) is 0.517. The molecule has 1 aromatic carbocycles. The molecule has 0 aliphatic heterocycles. The van der Waals surface area contributed by atoms with Crippen LogP contribution in [0.5, 0.6) is 0 Å². The molecule has 0 atom stereocenters. The van der Waals surface area contributed by atoms with E-state index in [9.17, 15) is 14.4 Å². The Kier molecular flexibility index (Phi) is 8.50. The summed E-state index contributed by atoms with van der Waals surface area (Å²) in [7, 11) is 0. The molecule has 0 amide bonds. The van der Waals surface area contributed by atoms with Gasteiger partial charge in [-0.05, 0) is 31.1 Å². The zero-order chi connectivity index (χ0) is 18.1. The van der Waals surface area contributed by atoms with Gasteiger partial charge >= 0.3 is 11.9 Å². The first-order chi connectivity index (χ1) is 11.4. The van der Waals surface area contributed by atoms with Gasteiger partial charge < -0.3 is 9.47 Å². The standard InChI is InChI=1S/C17H18Cl2O5/c1-3-4-8-15(21)23-10-24-17(22)13(11(2)20)9-12-6-5-7-14(18)16(12)19/h5-7,9H,3-4,8,10H2,1-2H3/b13-9-. The van der Waals surface area contributed by atoms with Gasteiger partial charge in [0.25, 0.3) is 0 Å². The molecule has 0 saturated heterocycles. The molecule has 0 fully saturated rings. The van der Waals surface area contributed by atoms with Crippen LogP contribution in [-0.2, 0) is 23.9 Å². The van der Waals surface area contributed by atoms with E-state index in [1.807, 2.05) is 6.92 Å². The van der Waals surface area contributed by atoms with Crippen molar-refractivity contribution < 1.29 is 23.9 Å². The summed E-state index contributed by atoms with van der Waals surface area (Å²) >= 11 is 11.9. The average molecular weight is 373 g/mol. The van der Waals surface area contributed by atoms with Gasteiger partial charge in [0.1, 0.15) is 5.57 Å². The minimum Gasteiger partial charge on any atom is -0.428 e. The minimum absolute atomic E-state index is 0.219. The third kappa shape index (κ3) is 6.34. The van der Waals surface area contributed by atoms with Crippen molar-refractivity contribution in [2.45, 2.75) is 33.1 Å². The number of ether oxygens (including phenoxy) is 2. The van der Waals surface area contributed by atoms with Crippen LogP contribution in [0.1, 0.15) is 38.7 Å². The molecule has 1 aromatic rings. The van der Waals surface area contributed by atoms with Crippen molar-refractivity contribution in [3.8, 4) is 0 Å². The maximum atomic E-state index is 12.0. The van der Waals surface area contributed by atoms with Gasteiger partial charge in [0, 0.05) is 6.42 Å². The van der Waals surface area contributed by atoms with Crippen molar-refractivity contribution >= 4 is 47.0 Å². The molecule has 7 heteroatoms. The molecular weight excluding hydrogens is 355 g/mol. The molecule has 0 bridgehead atoms. The van der Waals surface area contributed by atoms with E-state index in [0.29, 0.717) is 17.0 Å². The Morgan fingerprint density at radius 3 is 2.50 bits per heavy atom. The van der Waals surface area contributed by atoms with Gasteiger partial charge in [-0.25, -0.2) is 4.79 Å². The molecule has 0 aliphatic rings. The first kappa shape index (κ1) is 20.2. The summed E-state index contributed by atoms with van der Waals surface area (Å²) in [6, 6.07) is 4.83. The summed E-state index contributed by atoms with van der Waals surface area (Å²) in [6.45, 7) is 2.62. The van der Waals surface area contributed by atoms with Crippen LogP contribution in [0.2, 0.25) is 10.0 Å². The van der Waals surface area contributed by atoms with Crippen molar-refractivity contribution in [2.75, 3.05) is 6.79 Å². The third-order valence-corrected chi connectivity index (χ3v) is 3.86. The molecule has 0 aromatic heterocycles. The predicted molar refractivity (Wildman–Crippen MR) is 91.7 cm³/mol.